The molecule has 1 aliphatic rings. The largest absolute Gasteiger partial charge is 0.466 e. The second-order valence-corrected chi connectivity index (χ2v) is 4.29. The summed E-state index contributed by atoms with van der Waals surface area (Å²) < 4.78 is 6.40. The number of anilines is 1. The molecule has 0 amide bonds. The van der Waals surface area contributed by atoms with Crippen LogP contribution in [0.5, 0.6) is 0 Å². The molecule has 2 aromatic heterocycles. The summed E-state index contributed by atoms with van der Waals surface area (Å²) in [7, 11) is 1.35. The van der Waals surface area contributed by atoms with Gasteiger partial charge in [0.1, 0.15) is 6.04 Å². The first-order chi connectivity index (χ1) is 9.72. The molecule has 0 fully saturated rings. The zero-order valence-electron chi connectivity index (χ0n) is 10.9. The number of ether oxygens (including phenoxy) is 1. The van der Waals surface area contributed by atoms with E-state index in [1.54, 1.807) is 25.4 Å². The molecule has 1 unspecified atom stereocenters. The van der Waals surface area contributed by atoms with Gasteiger partial charge in [0.15, 0.2) is 0 Å². The normalized spacial score (nSPS) is 17.4. The van der Waals surface area contributed by atoms with Crippen molar-refractivity contribution in [1.82, 2.24) is 25.2 Å². The number of fused-ring (bicyclic) bond motifs is 1. The molecular formula is C12H12N6O2. The summed E-state index contributed by atoms with van der Waals surface area (Å²) in [6, 6.07) is 3.21. The maximum Gasteiger partial charge on any atom is 0.338 e. The van der Waals surface area contributed by atoms with E-state index in [9.17, 15) is 4.79 Å². The minimum Gasteiger partial charge on any atom is -0.466 e. The van der Waals surface area contributed by atoms with Gasteiger partial charge in [-0.15, -0.1) is 0 Å². The molecular weight excluding hydrogens is 260 g/mol. The van der Waals surface area contributed by atoms with Crippen molar-refractivity contribution in [2.24, 2.45) is 0 Å². The van der Waals surface area contributed by atoms with Crippen molar-refractivity contribution >= 4 is 11.9 Å². The van der Waals surface area contributed by atoms with Crippen LogP contribution in [0.2, 0.25) is 0 Å². The number of methoxy groups -OCH3 is 1. The lowest BCUT2D eigenvalue weighted by molar-refractivity contribution is -0.136. The van der Waals surface area contributed by atoms with Gasteiger partial charge in [-0.2, -0.15) is 4.68 Å². The predicted octanol–water partition coefficient (Wildman–Crippen LogP) is 0.530. The maximum absolute atomic E-state index is 12.1. The van der Waals surface area contributed by atoms with Crippen molar-refractivity contribution in [2.45, 2.75) is 13.0 Å². The van der Waals surface area contributed by atoms with Gasteiger partial charge in [0.25, 0.3) is 0 Å². The zero-order valence-corrected chi connectivity index (χ0v) is 10.9. The number of hydrogen-bond donors (Lipinski definition) is 1. The van der Waals surface area contributed by atoms with Gasteiger partial charge in [0.2, 0.25) is 5.95 Å². The molecule has 20 heavy (non-hydrogen) atoms. The number of nitrogens with zero attached hydrogens (tertiary/aromatic N) is 5. The quantitative estimate of drug-likeness (QED) is 0.797. The average Bonchev–Trinajstić information content (AvgIpc) is 2.93. The number of carbonyl (C=O) groups excluding carboxylic acids is 1. The second kappa shape index (κ2) is 4.72. The molecule has 0 spiro atoms. The van der Waals surface area contributed by atoms with Crippen molar-refractivity contribution in [3.05, 3.63) is 41.4 Å². The summed E-state index contributed by atoms with van der Waals surface area (Å²) in [5.41, 5.74) is 1.93. The van der Waals surface area contributed by atoms with Gasteiger partial charge >= 0.3 is 5.97 Å². The Hall–Kier alpha value is -2.77. The van der Waals surface area contributed by atoms with Crippen LogP contribution in [0.3, 0.4) is 0 Å². The molecule has 1 aliphatic heterocycles. The Morgan fingerprint density at radius 1 is 1.50 bits per heavy atom. The van der Waals surface area contributed by atoms with Gasteiger partial charge in [-0.05, 0) is 29.0 Å². The third-order valence-electron chi connectivity index (χ3n) is 3.12. The molecule has 0 saturated heterocycles. The standard InChI is InChI=1S/C12H12N6O2/c1-7-9(11(19)20-2)10(8-4-3-5-13-6-8)18-12(14-7)15-16-17-18/h3-6,10H,1-2H3,(H,14,15,17). The molecule has 102 valence electrons. The summed E-state index contributed by atoms with van der Waals surface area (Å²) in [5, 5.41) is 14.5. The summed E-state index contributed by atoms with van der Waals surface area (Å²) in [6.07, 6.45) is 3.34. The van der Waals surface area contributed by atoms with E-state index in [0.717, 1.165) is 5.56 Å². The van der Waals surface area contributed by atoms with E-state index >= 15 is 0 Å². The first kappa shape index (κ1) is 12.3. The first-order valence-corrected chi connectivity index (χ1v) is 5.96. The second-order valence-electron chi connectivity index (χ2n) is 4.29. The Morgan fingerprint density at radius 2 is 2.35 bits per heavy atom. The molecule has 0 saturated carbocycles. The minimum atomic E-state index is -0.456. The molecule has 0 aromatic carbocycles. The number of allylic oxidation sites excluding steroid dienone is 1. The SMILES string of the molecule is COC(=O)C1=C(C)Nc2nnnn2C1c1cccnc1. The van der Waals surface area contributed by atoms with Crippen LogP contribution >= 0.6 is 0 Å². The Labute approximate surface area is 114 Å². The fourth-order valence-electron chi connectivity index (χ4n) is 2.23. The highest BCUT2D eigenvalue weighted by molar-refractivity contribution is 5.92. The smallest absolute Gasteiger partial charge is 0.338 e. The summed E-state index contributed by atoms with van der Waals surface area (Å²) in [5.74, 6) is 0.0500. The average molecular weight is 272 g/mol. The minimum absolute atomic E-state index is 0.426. The number of tetrazole rings is 1. The van der Waals surface area contributed by atoms with Crippen LogP contribution in [-0.4, -0.2) is 38.3 Å². The van der Waals surface area contributed by atoms with Crippen LogP contribution in [0.25, 0.3) is 0 Å². The monoisotopic (exact) mass is 272 g/mol. The summed E-state index contributed by atoms with van der Waals surface area (Å²) in [4.78, 5) is 16.2. The van der Waals surface area contributed by atoms with E-state index in [4.69, 9.17) is 4.74 Å². The molecule has 8 nitrogen and oxygen atoms in total. The molecule has 1 N–H and O–H groups in total. The predicted molar refractivity (Wildman–Crippen MR) is 68.5 cm³/mol. The Morgan fingerprint density at radius 3 is 3.05 bits per heavy atom. The van der Waals surface area contributed by atoms with Crippen molar-refractivity contribution in [1.29, 1.82) is 0 Å². The van der Waals surface area contributed by atoms with Crippen molar-refractivity contribution in [3.8, 4) is 0 Å². The van der Waals surface area contributed by atoms with Crippen molar-refractivity contribution < 1.29 is 9.53 Å². The van der Waals surface area contributed by atoms with Gasteiger partial charge in [0.05, 0.1) is 12.7 Å². The molecule has 8 heteroatoms. The lowest BCUT2D eigenvalue weighted by Gasteiger charge is -2.26. The molecule has 3 heterocycles. The van der Waals surface area contributed by atoms with E-state index in [1.807, 2.05) is 6.07 Å². The van der Waals surface area contributed by atoms with Crippen LogP contribution in [0.4, 0.5) is 5.95 Å². The van der Waals surface area contributed by atoms with E-state index in [2.05, 4.69) is 25.8 Å². The molecule has 3 rings (SSSR count). The number of carbonyl (C=O) groups is 1. The summed E-state index contributed by atoms with van der Waals surface area (Å²) >= 11 is 0. The highest BCUT2D eigenvalue weighted by atomic mass is 16.5. The number of nitrogens with one attached hydrogen (secondary N) is 1. The third-order valence-corrected chi connectivity index (χ3v) is 3.12. The number of aromatic nitrogens is 5. The highest BCUT2D eigenvalue weighted by Gasteiger charge is 2.34. The fraction of sp³-hybridized carbons (Fsp3) is 0.250. The highest BCUT2D eigenvalue weighted by Crippen LogP contribution is 2.34. The van der Waals surface area contributed by atoms with Crippen LogP contribution in [-0.2, 0) is 9.53 Å². The van der Waals surface area contributed by atoms with Crippen LogP contribution in [0.1, 0.15) is 18.5 Å². The summed E-state index contributed by atoms with van der Waals surface area (Å²) in [6.45, 7) is 1.79. The fourth-order valence-corrected chi connectivity index (χ4v) is 2.23. The van der Waals surface area contributed by atoms with Gasteiger partial charge in [-0.1, -0.05) is 11.2 Å². The lowest BCUT2D eigenvalue weighted by Crippen LogP contribution is -2.29. The number of esters is 1. The van der Waals surface area contributed by atoms with Crippen molar-refractivity contribution in [2.75, 3.05) is 12.4 Å². The topological polar surface area (TPSA) is 94.8 Å². The van der Waals surface area contributed by atoms with Gasteiger partial charge in [-0.25, -0.2) is 4.79 Å². The van der Waals surface area contributed by atoms with Gasteiger partial charge in [-0.3, -0.25) is 4.98 Å². The van der Waals surface area contributed by atoms with Crippen LogP contribution < -0.4 is 5.32 Å². The van der Waals surface area contributed by atoms with E-state index in [0.29, 0.717) is 17.2 Å². The first-order valence-electron chi connectivity index (χ1n) is 5.96. The van der Waals surface area contributed by atoms with E-state index < -0.39 is 12.0 Å². The Balaban J connectivity index is 2.19. The number of rotatable bonds is 2. The maximum atomic E-state index is 12.1. The van der Waals surface area contributed by atoms with Crippen molar-refractivity contribution in [3.63, 3.8) is 0 Å². The van der Waals surface area contributed by atoms with Crippen LogP contribution in [0.15, 0.2) is 35.8 Å². The Bertz CT molecular complexity index is 678. The molecule has 0 radical (unpaired) electrons. The van der Waals surface area contributed by atoms with Crippen LogP contribution in [0, 0.1) is 0 Å². The molecule has 1 atom stereocenters. The van der Waals surface area contributed by atoms with Gasteiger partial charge < -0.3 is 10.1 Å². The van der Waals surface area contributed by atoms with E-state index in [-0.39, 0.29) is 0 Å². The lowest BCUT2D eigenvalue weighted by atomic mass is 9.97. The van der Waals surface area contributed by atoms with Gasteiger partial charge in [0, 0.05) is 18.1 Å². The zero-order chi connectivity index (χ0) is 14.1. The van der Waals surface area contributed by atoms with E-state index in [1.165, 1.54) is 11.8 Å². The Kier molecular flexibility index (Phi) is 2.90. The number of hydrogen-bond acceptors (Lipinski definition) is 7. The molecule has 2 aromatic rings. The number of pyridine rings is 1. The third kappa shape index (κ3) is 1.81. The molecule has 0 bridgehead atoms. The molecule has 0 aliphatic carbocycles.